The Kier molecular flexibility index (Phi) is 5.48. The van der Waals surface area contributed by atoms with E-state index >= 15 is 0 Å². The third-order valence-electron chi connectivity index (χ3n) is 5.22. The number of amides is 3. The maximum absolute atomic E-state index is 12.4. The molecule has 8 nitrogen and oxygen atoms in total. The normalized spacial score (nSPS) is 20.3. The van der Waals surface area contributed by atoms with Gasteiger partial charge in [-0.1, -0.05) is 18.2 Å². The molecule has 2 aliphatic rings. The van der Waals surface area contributed by atoms with Gasteiger partial charge in [-0.3, -0.25) is 19.3 Å². The first kappa shape index (κ1) is 19.3. The van der Waals surface area contributed by atoms with Crippen molar-refractivity contribution in [1.82, 2.24) is 15.5 Å². The van der Waals surface area contributed by atoms with Crippen molar-refractivity contribution in [2.75, 3.05) is 44.8 Å². The number of fused-ring (bicyclic) bond motifs is 1. The summed E-state index contributed by atoms with van der Waals surface area (Å²) in [7, 11) is 1.65. The van der Waals surface area contributed by atoms with Gasteiger partial charge in [0.05, 0.1) is 13.2 Å². The molecule has 1 fully saturated rings. The first-order valence-electron chi connectivity index (χ1n) is 9.09. The van der Waals surface area contributed by atoms with Gasteiger partial charge in [0.15, 0.2) is 0 Å². The fraction of sp³-hybridized carbons (Fsp3) is 0.526. The third-order valence-corrected chi connectivity index (χ3v) is 5.22. The summed E-state index contributed by atoms with van der Waals surface area (Å²) in [4.78, 5) is 40.7. The van der Waals surface area contributed by atoms with Crippen LogP contribution in [-0.2, 0) is 19.1 Å². The lowest BCUT2D eigenvalue weighted by Crippen LogP contribution is -2.56. The van der Waals surface area contributed by atoms with E-state index in [4.69, 9.17) is 4.74 Å². The number of nitrogens with zero attached hydrogens (tertiary/aromatic N) is 2. The molecule has 2 aliphatic heterocycles. The summed E-state index contributed by atoms with van der Waals surface area (Å²) in [6.45, 7) is 7.26. The van der Waals surface area contributed by atoms with Crippen molar-refractivity contribution < 1.29 is 19.1 Å². The van der Waals surface area contributed by atoms with E-state index in [-0.39, 0.29) is 11.4 Å². The minimum absolute atomic E-state index is 0.258. The molecule has 0 saturated carbocycles. The van der Waals surface area contributed by atoms with E-state index in [1.54, 1.807) is 19.2 Å². The highest BCUT2D eigenvalue weighted by molar-refractivity contribution is 6.35. The number of benzene rings is 1. The number of hydrogen-bond acceptors (Lipinski definition) is 5. The zero-order chi connectivity index (χ0) is 19.6. The number of morpholine rings is 1. The van der Waals surface area contributed by atoms with Crippen molar-refractivity contribution in [2.45, 2.75) is 25.4 Å². The van der Waals surface area contributed by atoms with Gasteiger partial charge in [-0.25, -0.2) is 0 Å². The van der Waals surface area contributed by atoms with Crippen LogP contribution in [0.2, 0.25) is 0 Å². The molecule has 1 atom stereocenters. The predicted molar refractivity (Wildman–Crippen MR) is 100 cm³/mol. The lowest BCUT2D eigenvalue weighted by Gasteiger charge is -2.40. The van der Waals surface area contributed by atoms with Crippen LogP contribution in [0, 0.1) is 0 Å². The Balaban J connectivity index is 1.58. The molecule has 1 aromatic rings. The van der Waals surface area contributed by atoms with Crippen molar-refractivity contribution in [2.24, 2.45) is 0 Å². The largest absolute Gasteiger partial charge is 0.379 e. The molecule has 2 heterocycles. The summed E-state index contributed by atoms with van der Waals surface area (Å²) >= 11 is 0. The van der Waals surface area contributed by atoms with Gasteiger partial charge in [0.1, 0.15) is 6.04 Å². The molecular weight excluding hydrogens is 348 g/mol. The van der Waals surface area contributed by atoms with Gasteiger partial charge in [-0.2, -0.15) is 0 Å². The van der Waals surface area contributed by atoms with E-state index in [9.17, 15) is 14.4 Å². The zero-order valence-electron chi connectivity index (χ0n) is 15.9. The van der Waals surface area contributed by atoms with Gasteiger partial charge in [0, 0.05) is 43.5 Å². The molecule has 3 amide bonds. The smallest absolute Gasteiger partial charge is 0.310 e. The van der Waals surface area contributed by atoms with Crippen LogP contribution in [-0.4, -0.2) is 68.1 Å². The van der Waals surface area contributed by atoms with Crippen molar-refractivity contribution in [3.63, 3.8) is 0 Å². The SMILES string of the molecule is CN1C(=O)[C@H](NC(=O)C(=O)NCC(C)(C)N2CCOCC2)c2ccccc21. The average Bonchev–Trinajstić information content (AvgIpc) is 2.92. The van der Waals surface area contributed by atoms with Crippen LogP contribution in [0.3, 0.4) is 0 Å². The molecular formula is C19H26N4O4. The topological polar surface area (TPSA) is 91.0 Å². The highest BCUT2D eigenvalue weighted by atomic mass is 16.5. The van der Waals surface area contributed by atoms with Crippen molar-refractivity contribution >= 4 is 23.4 Å². The summed E-state index contributed by atoms with van der Waals surface area (Å²) in [5, 5.41) is 5.24. The Morgan fingerprint density at radius 1 is 1.19 bits per heavy atom. The maximum atomic E-state index is 12.4. The standard InChI is InChI=1S/C19H26N4O4/c1-19(2,23-8-10-27-11-9-23)12-20-16(24)17(25)21-15-13-6-4-5-7-14(13)22(3)18(15)26/h4-7,15H,8-12H2,1-3H3,(H,20,24)(H,21,25)/t15-/m1/s1. The third kappa shape index (κ3) is 3.96. The number of hydrogen-bond donors (Lipinski definition) is 2. The van der Waals surface area contributed by atoms with Crippen LogP contribution in [0.15, 0.2) is 24.3 Å². The molecule has 146 valence electrons. The van der Waals surface area contributed by atoms with Gasteiger partial charge in [-0.05, 0) is 19.9 Å². The van der Waals surface area contributed by atoms with E-state index < -0.39 is 17.9 Å². The quantitative estimate of drug-likeness (QED) is 0.727. The Morgan fingerprint density at radius 3 is 2.56 bits per heavy atom. The minimum atomic E-state index is -0.836. The average molecular weight is 374 g/mol. The molecule has 1 aromatic carbocycles. The van der Waals surface area contributed by atoms with Gasteiger partial charge in [0.25, 0.3) is 5.91 Å². The Labute approximate surface area is 158 Å². The first-order chi connectivity index (χ1) is 12.8. The van der Waals surface area contributed by atoms with Gasteiger partial charge in [-0.15, -0.1) is 0 Å². The summed E-state index contributed by atoms with van der Waals surface area (Å²) in [5.74, 6) is -1.81. The first-order valence-corrected chi connectivity index (χ1v) is 9.09. The molecule has 0 aliphatic carbocycles. The van der Waals surface area contributed by atoms with E-state index in [0.717, 1.165) is 18.8 Å². The molecule has 0 spiro atoms. The van der Waals surface area contributed by atoms with Gasteiger partial charge in [0.2, 0.25) is 0 Å². The van der Waals surface area contributed by atoms with Gasteiger partial charge >= 0.3 is 11.8 Å². The number of para-hydroxylation sites is 1. The second-order valence-corrected chi connectivity index (χ2v) is 7.46. The molecule has 27 heavy (non-hydrogen) atoms. The van der Waals surface area contributed by atoms with Crippen molar-refractivity contribution in [1.29, 1.82) is 0 Å². The van der Waals surface area contributed by atoms with E-state index in [2.05, 4.69) is 15.5 Å². The molecule has 8 heteroatoms. The minimum Gasteiger partial charge on any atom is -0.379 e. The number of anilines is 1. The number of likely N-dealkylation sites (N-methyl/N-ethyl adjacent to an activating group) is 1. The fourth-order valence-electron chi connectivity index (χ4n) is 3.48. The molecule has 0 unspecified atom stereocenters. The van der Waals surface area contributed by atoms with E-state index in [0.29, 0.717) is 25.3 Å². The molecule has 1 saturated heterocycles. The summed E-state index contributed by atoms with van der Waals surface area (Å²) in [6.07, 6.45) is 0. The predicted octanol–water partition coefficient (Wildman–Crippen LogP) is 0.0473. The van der Waals surface area contributed by atoms with Crippen LogP contribution in [0.4, 0.5) is 5.69 Å². The molecule has 0 aromatic heterocycles. The molecule has 3 rings (SSSR count). The second-order valence-electron chi connectivity index (χ2n) is 7.46. The Morgan fingerprint density at radius 2 is 1.85 bits per heavy atom. The highest BCUT2D eigenvalue weighted by Gasteiger charge is 2.37. The maximum Gasteiger partial charge on any atom is 0.310 e. The van der Waals surface area contributed by atoms with Crippen LogP contribution in [0.25, 0.3) is 0 Å². The molecule has 0 radical (unpaired) electrons. The summed E-state index contributed by atoms with van der Waals surface area (Å²) in [6, 6.07) is 6.38. The van der Waals surface area contributed by atoms with Crippen LogP contribution in [0.1, 0.15) is 25.5 Å². The van der Waals surface area contributed by atoms with Crippen LogP contribution >= 0.6 is 0 Å². The fourth-order valence-corrected chi connectivity index (χ4v) is 3.48. The Bertz CT molecular complexity index is 743. The number of ether oxygens (including phenoxy) is 1. The van der Waals surface area contributed by atoms with E-state index in [1.165, 1.54) is 4.90 Å². The lowest BCUT2D eigenvalue weighted by atomic mass is 10.0. The van der Waals surface area contributed by atoms with Crippen molar-refractivity contribution in [3.05, 3.63) is 29.8 Å². The van der Waals surface area contributed by atoms with Crippen LogP contribution < -0.4 is 15.5 Å². The monoisotopic (exact) mass is 374 g/mol. The number of nitrogens with one attached hydrogen (secondary N) is 2. The van der Waals surface area contributed by atoms with Crippen molar-refractivity contribution in [3.8, 4) is 0 Å². The Hall–Kier alpha value is -2.45. The summed E-state index contributed by atoms with van der Waals surface area (Å²) in [5.41, 5.74) is 1.14. The zero-order valence-corrected chi connectivity index (χ0v) is 15.9. The second kappa shape index (κ2) is 7.66. The molecule has 0 bridgehead atoms. The number of rotatable bonds is 4. The molecule has 2 N–H and O–H groups in total. The number of carbonyl (C=O) groups is 3. The highest BCUT2D eigenvalue weighted by Crippen LogP contribution is 2.34. The number of carbonyl (C=O) groups excluding carboxylic acids is 3. The summed E-state index contributed by atoms with van der Waals surface area (Å²) < 4.78 is 5.35. The van der Waals surface area contributed by atoms with Gasteiger partial charge < -0.3 is 20.3 Å². The van der Waals surface area contributed by atoms with E-state index in [1.807, 2.05) is 26.0 Å². The van der Waals surface area contributed by atoms with Crippen LogP contribution in [0.5, 0.6) is 0 Å². The lowest BCUT2D eigenvalue weighted by molar-refractivity contribution is -0.140.